The monoisotopic (exact) mass is 447 g/mol. The summed E-state index contributed by atoms with van der Waals surface area (Å²) in [5.41, 5.74) is 2.43. The third kappa shape index (κ3) is 5.07. The van der Waals surface area contributed by atoms with Crippen LogP contribution in [0.5, 0.6) is 0 Å². The zero-order chi connectivity index (χ0) is 22.0. The number of benzene rings is 1. The normalized spacial score (nSPS) is 24.2. The number of carbonyl (C=O) groups excluding carboxylic acids is 2. The number of amides is 2. The highest BCUT2D eigenvalue weighted by Gasteiger charge is 2.37. The van der Waals surface area contributed by atoms with E-state index in [1.807, 2.05) is 18.2 Å². The molecular formula is C21H29N5O4S. The van der Waals surface area contributed by atoms with E-state index in [0.29, 0.717) is 13.0 Å². The Hall–Kier alpha value is -2.46. The van der Waals surface area contributed by atoms with Gasteiger partial charge in [-0.05, 0) is 25.1 Å². The van der Waals surface area contributed by atoms with Crippen LogP contribution < -0.4 is 10.2 Å². The van der Waals surface area contributed by atoms with Gasteiger partial charge >= 0.3 is 0 Å². The van der Waals surface area contributed by atoms with Crippen molar-refractivity contribution in [2.24, 2.45) is 5.10 Å². The van der Waals surface area contributed by atoms with E-state index in [9.17, 15) is 18.0 Å². The van der Waals surface area contributed by atoms with Gasteiger partial charge in [0.2, 0.25) is 5.91 Å². The molecule has 1 N–H and O–H groups in total. The van der Waals surface area contributed by atoms with Gasteiger partial charge in [-0.2, -0.15) is 5.10 Å². The SMILES string of the molecule is CN1CCN(c2ccccc2CNC(=O)C2=NN(C3CCS(=O)(=O)C3)C(=O)CC2)CC1. The number of hydrazone groups is 1. The molecule has 9 nitrogen and oxygen atoms in total. The Kier molecular flexibility index (Phi) is 6.29. The number of nitrogens with zero attached hydrogens (tertiary/aromatic N) is 4. The Morgan fingerprint density at radius 3 is 2.61 bits per heavy atom. The second-order valence-electron chi connectivity index (χ2n) is 8.44. The summed E-state index contributed by atoms with van der Waals surface area (Å²) < 4.78 is 23.5. The van der Waals surface area contributed by atoms with Gasteiger partial charge in [0.05, 0.1) is 17.5 Å². The largest absolute Gasteiger partial charge is 0.369 e. The first kappa shape index (κ1) is 21.8. The number of rotatable bonds is 5. The molecule has 1 atom stereocenters. The zero-order valence-corrected chi connectivity index (χ0v) is 18.6. The van der Waals surface area contributed by atoms with Crippen molar-refractivity contribution in [3.63, 3.8) is 0 Å². The third-order valence-corrected chi connectivity index (χ3v) is 7.90. The van der Waals surface area contributed by atoms with Gasteiger partial charge in [0.15, 0.2) is 9.84 Å². The summed E-state index contributed by atoms with van der Waals surface area (Å²) in [6, 6.07) is 7.57. The Bertz CT molecular complexity index is 985. The maximum atomic E-state index is 12.8. The lowest BCUT2D eigenvalue weighted by Crippen LogP contribution is -2.45. The van der Waals surface area contributed by atoms with Gasteiger partial charge in [0, 0.05) is 51.3 Å². The van der Waals surface area contributed by atoms with Gasteiger partial charge < -0.3 is 15.1 Å². The molecule has 0 spiro atoms. The van der Waals surface area contributed by atoms with Crippen LogP contribution in [0, 0.1) is 0 Å². The zero-order valence-electron chi connectivity index (χ0n) is 17.8. The van der Waals surface area contributed by atoms with Gasteiger partial charge in [0.25, 0.3) is 5.91 Å². The second kappa shape index (κ2) is 8.96. The van der Waals surface area contributed by atoms with Crippen LogP contribution in [0.25, 0.3) is 0 Å². The molecule has 1 aromatic rings. The summed E-state index contributed by atoms with van der Waals surface area (Å²) in [5.74, 6) is -0.567. The van der Waals surface area contributed by atoms with Gasteiger partial charge in [0.1, 0.15) is 5.71 Å². The molecule has 1 unspecified atom stereocenters. The topological polar surface area (TPSA) is 102 Å². The fourth-order valence-electron chi connectivity index (χ4n) is 4.28. The van der Waals surface area contributed by atoms with E-state index in [2.05, 4.69) is 33.3 Å². The molecule has 3 aliphatic rings. The molecule has 0 aromatic heterocycles. The highest BCUT2D eigenvalue weighted by atomic mass is 32.2. The molecule has 3 heterocycles. The fourth-order valence-corrected chi connectivity index (χ4v) is 5.97. The Balaban J connectivity index is 1.42. The lowest BCUT2D eigenvalue weighted by molar-refractivity contribution is -0.133. The standard InChI is InChI=1S/C21H29N5O4S/c1-24-9-11-25(12-10-24)19-5-3-2-4-16(19)14-22-21(28)18-6-7-20(27)26(23-18)17-8-13-31(29,30)15-17/h2-5,17H,6-15H2,1H3,(H,22,28). The Morgan fingerprint density at radius 1 is 1.16 bits per heavy atom. The van der Waals surface area contributed by atoms with Crippen molar-refractivity contribution in [1.29, 1.82) is 0 Å². The maximum absolute atomic E-state index is 12.8. The van der Waals surface area contributed by atoms with Gasteiger partial charge in [-0.15, -0.1) is 0 Å². The first-order chi connectivity index (χ1) is 14.8. The fraction of sp³-hybridized carbons (Fsp3) is 0.571. The van der Waals surface area contributed by atoms with Crippen molar-refractivity contribution in [3.8, 4) is 0 Å². The molecule has 168 valence electrons. The van der Waals surface area contributed by atoms with Crippen molar-refractivity contribution in [3.05, 3.63) is 29.8 Å². The summed E-state index contributed by atoms with van der Waals surface area (Å²) in [6.45, 7) is 4.24. The number of carbonyl (C=O) groups is 2. The van der Waals surface area contributed by atoms with Crippen LogP contribution in [0.1, 0.15) is 24.8 Å². The molecule has 31 heavy (non-hydrogen) atoms. The Morgan fingerprint density at radius 2 is 1.90 bits per heavy atom. The van der Waals surface area contributed by atoms with Crippen LogP contribution >= 0.6 is 0 Å². The molecule has 1 aromatic carbocycles. The van der Waals surface area contributed by atoms with E-state index in [1.165, 1.54) is 5.01 Å². The molecule has 2 fully saturated rings. The van der Waals surface area contributed by atoms with Gasteiger partial charge in [-0.1, -0.05) is 18.2 Å². The highest BCUT2D eigenvalue weighted by molar-refractivity contribution is 7.91. The number of piperazine rings is 1. The van der Waals surface area contributed by atoms with E-state index in [0.717, 1.165) is 37.4 Å². The first-order valence-corrected chi connectivity index (χ1v) is 12.5. The molecule has 2 amide bonds. The van der Waals surface area contributed by atoms with E-state index in [-0.39, 0.29) is 41.9 Å². The lowest BCUT2D eigenvalue weighted by atomic mass is 10.1. The molecule has 0 saturated carbocycles. The van der Waals surface area contributed by atoms with E-state index in [4.69, 9.17) is 0 Å². The number of likely N-dealkylation sites (N-methyl/N-ethyl adjacent to an activating group) is 1. The predicted molar refractivity (Wildman–Crippen MR) is 119 cm³/mol. The summed E-state index contributed by atoms with van der Waals surface area (Å²) in [5, 5.41) is 8.41. The number of nitrogens with one attached hydrogen (secondary N) is 1. The number of hydrogen-bond acceptors (Lipinski definition) is 7. The van der Waals surface area contributed by atoms with E-state index in [1.54, 1.807) is 0 Å². The Labute approximate surface area is 183 Å². The average Bonchev–Trinajstić information content (AvgIpc) is 3.12. The van der Waals surface area contributed by atoms with Crippen molar-refractivity contribution in [2.45, 2.75) is 31.8 Å². The molecule has 0 aliphatic carbocycles. The summed E-state index contributed by atoms with van der Waals surface area (Å²) in [7, 11) is -1.03. The molecule has 10 heteroatoms. The van der Waals surface area contributed by atoms with Crippen molar-refractivity contribution < 1.29 is 18.0 Å². The number of anilines is 1. The van der Waals surface area contributed by atoms with Crippen molar-refractivity contribution in [1.82, 2.24) is 15.2 Å². The minimum atomic E-state index is -3.14. The molecular weight excluding hydrogens is 418 g/mol. The van der Waals surface area contributed by atoms with Gasteiger partial charge in [-0.3, -0.25) is 9.59 Å². The number of hydrogen-bond donors (Lipinski definition) is 1. The van der Waals surface area contributed by atoms with Crippen LogP contribution in [0.2, 0.25) is 0 Å². The summed E-state index contributed by atoms with van der Waals surface area (Å²) >= 11 is 0. The van der Waals surface area contributed by atoms with Crippen LogP contribution in [0.3, 0.4) is 0 Å². The minimum Gasteiger partial charge on any atom is -0.369 e. The second-order valence-corrected chi connectivity index (χ2v) is 10.7. The van der Waals surface area contributed by atoms with Crippen LogP contribution in [0.15, 0.2) is 29.4 Å². The minimum absolute atomic E-state index is 0.0571. The van der Waals surface area contributed by atoms with E-state index < -0.39 is 15.9 Å². The van der Waals surface area contributed by atoms with Gasteiger partial charge in [-0.25, -0.2) is 13.4 Å². The summed E-state index contributed by atoms with van der Waals surface area (Å²) in [4.78, 5) is 29.7. The lowest BCUT2D eigenvalue weighted by Gasteiger charge is -2.35. The predicted octanol–water partition coefficient (Wildman–Crippen LogP) is 0.220. The van der Waals surface area contributed by atoms with Crippen molar-refractivity contribution in [2.75, 3.05) is 49.6 Å². The molecule has 2 saturated heterocycles. The summed E-state index contributed by atoms with van der Waals surface area (Å²) in [6.07, 6.45) is 0.798. The average molecular weight is 448 g/mol. The molecule has 0 bridgehead atoms. The van der Waals surface area contributed by atoms with Crippen molar-refractivity contribution >= 4 is 33.1 Å². The quantitative estimate of drug-likeness (QED) is 0.693. The highest BCUT2D eigenvalue weighted by Crippen LogP contribution is 2.23. The smallest absolute Gasteiger partial charge is 0.267 e. The van der Waals surface area contributed by atoms with Crippen LogP contribution in [-0.2, 0) is 26.0 Å². The first-order valence-electron chi connectivity index (χ1n) is 10.7. The van der Waals surface area contributed by atoms with Crippen LogP contribution in [-0.4, -0.2) is 86.6 Å². The molecule has 4 rings (SSSR count). The maximum Gasteiger partial charge on any atom is 0.267 e. The molecule has 3 aliphatic heterocycles. The van der Waals surface area contributed by atoms with Crippen LogP contribution in [0.4, 0.5) is 5.69 Å². The number of sulfone groups is 1. The third-order valence-electron chi connectivity index (χ3n) is 6.15. The number of para-hydroxylation sites is 1. The molecule has 0 radical (unpaired) electrons. The van der Waals surface area contributed by atoms with E-state index >= 15 is 0 Å².